The van der Waals surface area contributed by atoms with Gasteiger partial charge in [-0.2, -0.15) is 0 Å². The second-order valence-corrected chi connectivity index (χ2v) is 4.20. The van der Waals surface area contributed by atoms with Gasteiger partial charge in [-0.05, 0) is 38.0 Å². The zero-order chi connectivity index (χ0) is 10.1. The summed E-state index contributed by atoms with van der Waals surface area (Å²) in [4.78, 5) is 6.47. The third-order valence-electron chi connectivity index (χ3n) is 3.03. The summed E-state index contributed by atoms with van der Waals surface area (Å²) in [6.07, 6.45) is 3.08. The van der Waals surface area contributed by atoms with Crippen LogP contribution in [0.1, 0.15) is 25.8 Å². The van der Waals surface area contributed by atoms with E-state index in [0.29, 0.717) is 17.9 Å². The summed E-state index contributed by atoms with van der Waals surface area (Å²) in [5.74, 6) is 0.614. The van der Waals surface area contributed by atoms with Crippen LogP contribution in [-0.4, -0.2) is 22.0 Å². The van der Waals surface area contributed by atoms with E-state index in [9.17, 15) is 0 Å². The van der Waals surface area contributed by atoms with E-state index >= 15 is 0 Å². The van der Waals surface area contributed by atoms with Crippen molar-refractivity contribution in [3.05, 3.63) is 23.9 Å². The van der Waals surface area contributed by atoms with E-state index in [4.69, 9.17) is 5.73 Å². The fourth-order valence-corrected chi connectivity index (χ4v) is 2.18. The van der Waals surface area contributed by atoms with Crippen LogP contribution in [0.5, 0.6) is 0 Å². The molecule has 2 unspecified atom stereocenters. The number of pyridine rings is 1. The lowest BCUT2D eigenvalue weighted by Crippen LogP contribution is -2.51. The van der Waals surface area contributed by atoms with Crippen molar-refractivity contribution < 1.29 is 0 Å². The molecule has 3 nitrogen and oxygen atoms in total. The molecule has 2 rings (SSSR count). The Morgan fingerprint density at radius 3 is 2.79 bits per heavy atom. The van der Waals surface area contributed by atoms with Crippen molar-refractivity contribution in [2.75, 3.05) is 5.73 Å². The summed E-state index contributed by atoms with van der Waals surface area (Å²) in [6.45, 7) is 5.53. The van der Waals surface area contributed by atoms with E-state index in [2.05, 4.69) is 23.7 Å². The van der Waals surface area contributed by atoms with Gasteiger partial charge in [-0.3, -0.25) is 4.90 Å². The minimum Gasteiger partial charge on any atom is -0.384 e. The molecule has 1 aliphatic heterocycles. The molecule has 0 bridgehead atoms. The SMILES string of the molecule is CC1CC(C)N1Cc1ccnc(N)c1. The van der Waals surface area contributed by atoms with Crippen molar-refractivity contribution in [1.29, 1.82) is 0 Å². The number of nitrogens with zero attached hydrogens (tertiary/aromatic N) is 2. The van der Waals surface area contributed by atoms with Gasteiger partial charge in [-0.15, -0.1) is 0 Å². The molecule has 2 N–H and O–H groups in total. The van der Waals surface area contributed by atoms with Crippen LogP contribution < -0.4 is 5.73 Å². The van der Waals surface area contributed by atoms with Crippen molar-refractivity contribution in [2.45, 2.75) is 38.9 Å². The quantitative estimate of drug-likeness (QED) is 0.772. The van der Waals surface area contributed by atoms with Crippen LogP contribution in [-0.2, 0) is 6.54 Å². The van der Waals surface area contributed by atoms with Gasteiger partial charge < -0.3 is 5.73 Å². The molecular weight excluding hydrogens is 174 g/mol. The molecule has 1 aromatic rings. The minimum atomic E-state index is 0.614. The monoisotopic (exact) mass is 191 g/mol. The molecule has 2 heterocycles. The molecule has 0 aromatic carbocycles. The second kappa shape index (κ2) is 3.58. The van der Waals surface area contributed by atoms with Crippen LogP contribution in [0.4, 0.5) is 5.82 Å². The molecule has 0 saturated carbocycles. The van der Waals surface area contributed by atoms with Crippen LogP contribution >= 0.6 is 0 Å². The Bertz CT molecular complexity index is 316. The number of hydrogen-bond acceptors (Lipinski definition) is 3. The first kappa shape index (κ1) is 9.46. The van der Waals surface area contributed by atoms with Crippen molar-refractivity contribution in [2.24, 2.45) is 0 Å². The third kappa shape index (κ3) is 1.73. The molecule has 1 aromatic heterocycles. The van der Waals surface area contributed by atoms with Crippen LogP contribution in [0.15, 0.2) is 18.3 Å². The number of hydrogen-bond donors (Lipinski definition) is 1. The Morgan fingerprint density at radius 1 is 1.50 bits per heavy atom. The number of nitrogens with two attached hydrogens (primary N) is 1. The molecule has 14 heavy (non-hydrogen) atoms. The minimum absolute atomic E-state index is 0.614. The Hall–Kier alpha value is -1.09. The van der Waals surface area contributed by atoms with Crippen molar-refractivity contribution in [1.82, 2.24) is 9.88 Å². The maximum Gasteiger partial charge on any atom is 0.123 e. The molecule has 1 saturated heterocycles. The van der Waals surface area contributed by atoms with Gasteiger partial charge in [0.25, 0.3) is 0 Å². The molecule has 2 atom stereocenters. The molecule has 1 fully saturated rings. The van der Waals surface area contributed by atoms with E-state index in [0.717, 1.165) is 6.54 Å². The number of nitrogen functional groups attached to an aromatic ring is 1. The number of rotatable bonds is 2. The standard InChI is InChI=1S/C11H17N3/c1-8-5-9(2)14(8)7-10-3-4-13-11(12)6-10/h3-4,6,8-9H,5,7H2,1-2H3,(H2,12,13). The smallest absolute Gasteiger partial charge is 0.123 e. The van der Waals surface area contributed by atoms with E-state index in [1.807, 2.05) is 12.1 Å². The topological polar surface area (TPSA) is 42.2 Å². The van der Waals surface area contributed by atoms with Crippen LogP contribution in [0.25, 0.3) is 0 Å². The van der Waals surface area contributed by atoms with Gasteiger partial charge in [-0.1, -0.05) is 0 Å². The fourth-order valence-electron chi connectivity index (χ4n) is 2.18. The maximum absolute atomic E-state index is 5.63. The zero-order valence-electron chi connectivity index (χ0n) is 8.77. The Labute approximate surface area is 84.9 Å². The van der Waals surface area contributed by atoms with Gasteiger partial charge in [0.1, 0.15) is 5.82 Å². The molecule has 76 valence electrons. The summed E-state index contributed by atoms with van der Waals surface area (Å²) >= 11 is 0. The molecule has 0 radical (unpaired) electrons. The molecule has 0 spiro atoms. The molecule has 0 aliphatic carbocycles. The lowest BCUT2D eigenvalue weighted by molar-refractivity contribution is 0.0295. The van der Waals surface area contributed by atoms with Crippen LogP contribution in [0.2, 0.25) is 0 Å². The van der Waals surface area contributed by atoms with Crippen molar-refractivity contribution >= 4 is 5.82 Å². The largest absolute Gasteiger partial charge is 0.384 e. The Morgan fingerprint density at radius 2 is 2.21 bits per heavy atom. The van der Waals surface area contributed by atoms with Gasteiger partial charge in [-0.25, -0.2) is 4.98 Å². The van der Waals surface area contributed by atoms with E-state index in [1.54, 1.807) is 6.20 Å². The van der Waals surface area contributed by atoms with Gasteiger partial charge >= 0.3 is 0 Å². The van der Waals surface area contributed by atoms with Crippen molar-refractivity contribution in [3.63, 3.8) is 0 Å². The average Bonchev–Trinajstić information content (AvgIpc) is 2.15. The highest BCUT2D eigenvalue weighted by Gasteiger charge is 2.31. The normalized spacial score (nSPS) is 27.3. The van der Waals surface area contributed by atoms with Crippen LogP contribution in [0.3, 0.4) is 0 Å². The predicted octanol–water partition coefficient (Wildman–Crippen LogP) is 1.65. The summed E-state index contributed by atoms with van der Waals surface area (Å²) in [7, 11) is 0. The summed E-state index contributed by atoms with van der Waals surface area (Å²) in [5.41, 5.74) is 6.89. The van der Waals surface area contributed by atoms with Gasteiger partial charge in [0.05, 0.1) is 0 Å². The summed E-state index contributed by atoms with van der Waals surface area (Å²) < 4.78 is 0. The number of aromatic nitrogens is 1. The highest BCUT2D eigenvalue weighted by Crippen LogP contribution is 2.26. The van der Waals surface area contributed by atoms with E-state index in [1.165, 1.54) is 12.0 Å². The first-order chi connectivity index (χ1) is 6.66. The Balaban J connectivity index is 2.03. The number of likely N-dealkylation sites (tertiary alicyclic amines) is 1. The van der Waals surface area contributed by atoms with Crippen LogP contribution in [0, 0.1) is 0 Å². The highest BCUT2D eigenvalue weighted by molar-refractivity contribution is 5.31. The predicted molar refractivity (Wildman–Crippen MR) is 57.7 cm³/mol. The third-order valence-corrected chi connectivity index (χ3v) is 3.03. The van der Waals surface area contributed by atoms with E-state index in [-0.39, 0.29) is 0 Å². The Kier molecular flexibility index (Phi) is 2.42. The summed E-state index contributed by atoms with van der Waals surface area (Å²) in [5, 5.41) is 0. The van der Waals surface area contributed by atoms with Gasteiger partial charge in [0.15, 0.2) is 0 Å². The van der Waals surface area contributed by atoms with Gasteiger partial charge in [0, 0.05) is 24.8 Å². The van der Waals surface area contributed by atoms with Gasteiger partial charge in [0.2, 0.25) is 0 Å². The van der Waals surface area contributed by atoms with Crippen molar-refractivity contribution in [3.8, 4) is 0 Å². The van der Waals surface area contributed by atoms with E-state index < -0.39 is 0 Å². The zero-order valence-corrected chi connectivity index (χ0v) is 8.77. The fraction of sp³-hybridized carbons (Fsp3) is 0.545. The average molecular weight is 191 g/mol. The first-order valence-corrected chi connectivity index (χ1v) is 5.13. The molecule has 1 aliphatic rings. The maximum atomic E-state index is 5.63. The lowest BCUT2D eigenvalue weighted by atomic mass is 9.95. The molecular formula is C11H17N3. The number of anilines is 1. The second-order valence-electron chi connectivity index (χ2n) is 4.20. The lowest BCUT2D eigenvalue weighted by Gasteiger charge is -2.45. The summed E-state index contributed by atoms with van der Waals surface area (Å²) in [6, 6.07) is 5.41. The molecule has 3 heteroatoms. The molecule has 0 amide bonds. The highest BCUT2D eigenvalue weighted by atomic mass is 15.2. The first-order valence-electron chi connectivity index (χ1n) is 5.13.